The number of nitrogen functional groups attached to an aromatic ring is 1. The normalized spacial score (nSPS) is 25.7. The molecule has 0 bridgehead atoms. The summed E-state index contributed by atoms with van der Waals surface area (Å²) in [6.07, 6.45) is -0.135. The molecule has 3 aromatic rings. The summed E-state index contributed by atoms with van der Waals surface area (Å²) < 4.78 is 36.8. The van der Waals surface area contributed by atoms with Crippen LogP contribution in [0.25, 0.3) is 11.0 Å². The zero-order chi connectivity index (χ0) is 21.9. The predicted octanol–water partition coefficient (Wildman–Crippen LogP) is 1.81. The first-order chi connectivity index (χ1) is 14.9. The van der Waals surface area contributed by atoms with Crippen molar-refractivity contribution in [1.82, 2.24) is 19.9 Å². The van der Waals surface area contributed by atoms with Crippen LogP contribution >= 0.6 is 15.9 Å². The lowest BCUT2D eigenvalue weighted by Crippen LogP contribution is -2.35. The van der Waals surface area contributed by atoms with Crippen molar-refractivity contribution < 1.29 is 23.7 Å². The van der Waals surface area contributed by atoms with Gasteiger partial charge in [-0.3, -0.25) is 0 Å². The Morgan fingerprint density at radius 3 is 2.84 bits per heavy atom. The minimum atomic E-state index is -1.24. The monoisotopic (exact) mass is 495 g/mol. The molecule has 0 radical (unpaired) electrons. The summed E-state index contributed by atoms with van der Waals surface area (Å²) in [6, 6.07) is 0.839. The molecule has 1 aliphatic carbocycles. The van der Waals surface area contributed by atoms with Crippen molar-refractivity contribution in [3.05, 3.63) is 45.8 Å². The molecule has 1 fully saturated rings. The van der Waals surface area contributed by atoms with E-state index in [4.69, 9.17) is 10.5 Å². The topological polar surface area (TPSA) is 118 Å². The number of anilines is 1. The quantitative estimate of drug-likeness (QED) is 0.437. The van der Waals surface area contributed by atoms with Crippen molar-refractivity contribution in [3.63, 3.8) is 0 Å². The van der Waals surface area contributed by atoms with Gasteiger partial charge in [-0.05, 0) is 40.5 Å². The molecule has 2 aromatic heterocycles. The zero-order valence-electron chi connectivity index (χ0n) is 16.2. The second kappa shape index (κ2) is 7.66. The summed E-state index contributed by atoms with van der Waals surface area (Å²) in [6.45, 7) is 1.09. The molecule has 8 nitrogen and oxygen atoms in total. The molecule has 0 amide bonds. The Kier molecular flexibility index (Phi) is 5.08. The first-order valence-electron chi connectivity index (χ1n) is 9.86. The number of benzene rings is 1. The molecule has 164 valence electrons. The van der Waals surface area contributed by atoms with E-state index >= 15 is 0 Å². The van der Waals surface area contributed by atoms with Gasteiger partial charge in [-0.2, -0.15) is 0 Å². The molecule has 1 saturated carbocycles. The summed E-state index contributed by atoms with van der Waals surface area (Å²) >= 11 is 3.23. The summed E-state index contributed by atoms with van der Waals surface area (Å²) in [4.78, 5) is 7.90. The molecular weight excluding hydrogens is 476 g/mol. The maximum atomic E-state index is 14.5. The Labute approximate surface area is 184 Å². The van der Waals surface area contributed by atoms with Crippen molar-refractivity contribution >= 4 is 32.8 Å². The molecule has 0 saturated heterocycles. The van der Waals surface area contributed by atoms with Crippen LogP contribution < -0.4 is 15.8 Å². The predicted molar refractivity (Wildman–Crippen MR) is 111 cm³/mol. The number of halogens is 3. The number of nitrogens with zero attached hydrogens (tertiary/aromatic N) is 3. The van der Waals surface area contributed by atoms with Gasteiger partial charge in [-0.15, -0.1) is 0 Å². The van der Waals surface area contributed by atoms with Crippen molar-refractivity contribution in [2.24, 2.45) is 0 Å². The van der Waals surface area contributed by atoms with Crippen LogP contribution in [-0.4, -0.2) is 49.6 Å². The highest BCUT2D eigenvalue weighted by atomic mass is 79.9. The summed E-state index contributed by atoms with van der Waals surface area (Å²) in [7, 11) is 0. The van der Waals surface area contributed by atoms with Gasteiger partial charge in [-0.1, -0.05) is 0 Å². The average molecular weight is 496 g/mol. The Hall–Kier alpha value is -2.34. The molecule has 11 heteroatoms. The number of aliphatic hydroxyl groups excluding tert-OH is 2. The highest BCUT2D eigenvalue weighted by Gasteiger charge is 2.45. The fourth-order valence-corrected chi connectivity index (χ4v) is 4.96. The van der Waals surface area contributed by atoms with Gasteiger partial charge in [0.05, 0.1) is 15.9 Å². The van der Waals surface area contributed by atoms with E-state index in [2.05, 4.69) is 31.2 Å². The lowest BCUT2D eigenvalue weighted by atomic mass is 9.99. The lowest BCUT2D eigenvalue weighted by molar-refractivity contribution is -0.0167. The fourth-order valence-electron chi connectivity index (χ4n) is 4.52. The van der Waals surface area contributed by atoms with Gasteiger partial charge >= 0.3 is 0 Å². The SMILES string of the molecule is Nc1ncnc2c1c(F)cn2[C@@H]1C[C@H](Oc2cc(Br)c(F)c3c2CNCC3)[C@@H](O)[C@H]1O. The first kappa shape index (κ1) is 20.6. The maximum Gasteiger partial charge on any atom is 0.154 e. The third kappa shape index (κ3) is 3.27. The van der Waals surface area contributed by atoms with Crippen LogP contribution in [0.1, 0.15) is 23.6 Å². The molecular formula is C20H20BrF2N5O3. The number of hydrogen-bond acceptors (Lipinski definition) is 7. The number of ether oxygens (including phenoxy) is 1. The third-order valence-corrected chi connectivity index (χ3v) is 6.65. The van der Waals surface area contributed by atoms with Crippen molar-refractivity contribution in [3.8, 4) is 5.75 Å². The van der Waals surface area contributed by atoms with Gasteiger partial charge in [0.15, 0.2) is 5.82 Å². The van der Waals surface area contributed by atoms with Gasteiger partial charge in [0.2, 0.25) is 0 Å². The molecule has 2 aliphatic rings. The summed E-state index contributed by atoms with van der Waals surface area (Å²) in [5, 5.41) is 24.6. The van der Waals surface area contributed by atoms with Gasteiger partial charge in [0.1, 0.15) is 47.7 Å². The molecule has 1 aromatic carbocycles. The van der Waals surface area contributed by atoms with Crippen LogP contribution in [-0.2, 0) is 13.0 Å². The highest BCUT2D eigenvalue weighted by molar-refractivity contribution is 9.10. The standard InChI is InChI=1S/C20H20BrF2N5O3/c21-10-3-13(9-5-25-2-1-8(9)16(10)23)31-14-4-12(17(29)18(14)30)28-6-11(22)15-19(24)26-7-27-20(15)28/h3,6-7,12,14,17-18,25,29-30H,1-2,4-5H2,(H2,24,26,27)/t12-,14+,17+,18-/m1/s1. The molecule has 0 unspecified atom stereocenters. The van der Waals surface area contributed by atoms with Crippen LogP contribution in [0.15, 0.2) is 23.1 Å². The van der Waals surface area contributed by atoms with Crippen LogP contribution in [0.2, 0.25) is 0 Å². The molecule has 5 rings (SSSR count). The molecule has 31 heavy (non-hydrogen) atoms. The molecule has 3 heterocycles. The van der Waals surface area contributed by atoms with E-state index in [1.165, 1.54) is 23.2 Å². The van der Waals surface area contributed by atoms with Gasteiger partial charge in [0, 0.05) is 24.7 Å². The number of rotatable bonds is 3. The molecule has 5 N–H and O–H groups in total. The van der Waals surface area contributed by atoms with E-state index in [9.17, 15) is 19.0 Å². The fraction of sp³-hybridized carbons (Fsp3) is 0.400. The average Bonchev–Trinajstić information content (AvgIpc) is 3.24. The van der Waals surface area contributed by atoms with Crippen LogP contribution in [0.4, 0.5) is 14.6 Å². The number of fused-ring (bicyclic) bond motifs is 2. The van der Waals surface area contributed by atoms with E-state index in [-0.39, 0.29) is 33.6 Å². The van der Waals surface area contributed by atoms with Crippen molar-refractivity contribution in [2.75, 3.05) is 12.3 Å². The Morgan fingerprint density at radius 1 is 1.23 bits per heavy atom. The molecule has 4 atom stereocenters. The number of nitrogens with two attached hydrogens (primary N) is 1. The van der Waals surface area contributed by atoms with E-state index in [0.29, 0.717) is 36.4 Å². The molecule has 0 spiro atoms. The van der Waals surface area contributed by atoms with Gasteiger partial charge in [0.25, 0.3) is 0 Å². The molecule has 1 aliphatic heterocycles. The second-order valence-corrected chi connectivity index (χ2v) is 8.69. The zero-order valence-corrected chi connectivity index (χ0v) is 17.8. The number of aromatic nitrogens is 3. The van der Waals surface area contributed by atoms with Crippen molar-refractivity contribution in [1.29, 1.82) is 0 Å². The van der Waals surface area contributed by atoms with Crippen LogP contribution in [0.3, 0.4) is 0 Å². The van der Waals surface area contributed by atoms with E-state index < -0.39 is 30.2 Å². The first-order valence-corrected chi connectivity index (χ1v) is 10.7. The van der Waals surface area contributed by atoms with E-state index in [1.807, 2.05) is 0 Å². The number of nitrogens with one attached hydrogen (secondary N) is 1. The second-order valence-electron chi connectivity index (χ2n) is 7.84. The largest absolute Gasteiger partial charge is 0.487 e. The number of aliphatic hydroxyl groups is 2. The van der Waals surface area contributed by atoms with Crippen molar-refractivity contribution in [2.45, 2.75) is 43.7 Å². The maximum absolute atomic E-state index is 14.5. The van der Waals surface area contributed by atoms with E-state index in [0.717, 1.165) is 0 Å². The van der Waals surface area contributed by atoms with Gasteiger partial charge in [-0.25, -0.2) is 18.7 Å². The minimum Gasteiger partial charge on any atom is -0.487 e. The Balaban J connectivity index is 1.48. The van der Waals surface area contributed by atoms with Crippen LogP contribution in [0.5, 0.6) is 5.75 Å². The Morgan fingerprint density at radius 2 is 2.03 bits per heavy atom. The van der Waals surface area contributed by atoms with E-state index in [1.54, 1.807) is 0 Å². The Bertz CT molecular complexity index is 1170. The third-order valence-electron chi connectivity index (χ3n) is 6.07. The summed E-state index contributed by atoms with van der Waals surface area (Å²) in [5.41, 5.74) is 7.26. The number of hydrogen-bond donors (Lipinski definition) is 4. The lowest BCUT2D eigenvalue weighted by Gasteiger charge is -2.25. The van der Waals surface area contributed by atoms with Gasteiger partial charge < -0.3 is 30.6 Å². The van der Waals surface area contributed by atoms with Crippen LogP contribution in [0, 0.1) is 11.6 Å². The smallest absolute Gasteiger partial charge is 0.154 e. The summed E-state index contributed by atoms with van der Waals surface area (Å²) in [5.74, 6) is -0.498. The minimum absolute atomic E-state index is 0.00243. The highest BCUT2D eigenvalue weighted by Crippen LogP contribution is 2.39.